The van der Waals surface area contributed by atoms with Crippen LogP contribution in [0.2, 0.25) is 0 Å². The van der Waals surface area contributed by atoms with Crippen molar-refractivity contribution >= 4 is 15.9 Å². The van der Waals surface area contributed by atoms with Crippen molar-refractivity contribution < 1.29 is 9.50 Å². The number of hydrogen-bond acceptors (Lipinski definition) is 3. The van der Waals surface area contributed by atoms with Gasteiger partial charge in [0.25, 0.3) is 0 Å². The molecule has 0 radical (unpaired) electrons. The monoisotopic (exact) mass is 375 g/mol. The highest BCUT2D eigenvalue weighted by Crippen LogP contribution is 2.21. The number of aliphatic hydroxyl groups excluding tert-OH is 1. The predicted octanol–water partition coefficient (Wildman–Crippen LogP) is 3.58. The zero-order valence-corrected chi connectivity index (χ0v) is 13.9. The highest BCUT2D eigenvalue weighted by Gasteiger charge is 2.13. The van der Waals surface area contributed by atoms with E-state index in [4.69, 9.17) is 0 Å². The van der Waals surface area contributed by atoms with Crippen LogP contribution in [0, 0.1) is 5.82 Å². The number of aryl methyl sites for hydroxylation is 1. The van der Waals surface area contributed by atoms with Crippen molar-refractivity contribution in [2.24, 2.45) is 0 Å². The number of benzene rings is 1. The summed E-state index contributed by atoms with van der Waals surface area (Å²) in [6.45, 7) is 0.537. The molecule has 0 saturated carbocycles. The van der Waals surface area contributed by atoms with Gasteiger partial charge in [-0.3, -0.25) is 4.98 Å². The molecule has 2 heterocycles. The van der Waals surface area contributed by atoms with E-state index < -0.39 is 0 Å². The lowest BCUT2D eigenvalue weighted by Crippen LogP contribution is -2.08. The van der Waals surface area contributed by atoms with Crippen molar-refractivity contribution in [2.45, 2.75) is 19.6 Å². The van der Waals surface area contributed by atoms with Crippen LogP contribution in [0.4, 0.5) is 4.39 Å². The minimum atomic E-state index is -0.244. The van der Waals surface area contributed by atoms with Gasteiger partial charge >= 0.3 is 0 Å². The van der Waals surface area contributed by atoms with Crippen molar-refractivity contribution in [1.29, 1.82) is 0 Å². The summed E-state index contributed by atoms with van der Waals surface area (Å²) in [5, 5.41) is 9.53. The predicted molar refractivity (Wildman–Crippen MR) is 89.2 cm³/mol. The van der Waals surface area contributed by atoms with Crippen LogP contribution in [0.25, 0.3) is 11.5 Å². The second kappa shape index (κ2) is 7.02. The SMILES string of the molecule is OCc1cnc(-c2cc(Br)ccn2)n1CCc1ccc(F)cc1. The molecule has 0 unspecified atom stereocenters. The number of aromatic nitrogens is 3. The Hall–Kier alpha value is -2.05. The Morgan fingerprint density at radius 1 is 1.13 bits per heavy atom. The van der Waals surface area contributed by atoms with Crippen LogP contribution < -0.4 is 0 Å². The van der Waals surface area contributed by atoms with Gasteiger partial charge in [-0.15, -0.1) is 0 Å². The minimum Gasteiger partial charge on any atom is -0.390 e. The third-order valence-corrected chi connectivity index (χ3v) is 4.08. The van der Waals surface area contributed by atoms with Crippen LogP contribution in [0.15, 0.2) is 53.3 Å². The van der Waals surface area contributed by atoms with E-state index in [1.54, 1.807) is 24.5 Å². The van der Waals surface area contributed by atoms with Gasteiger partial charge in [0.2, 0.25) is 0 Å². The molecule has 23 heavy (non-hydrogen) atoms. The zero-order valence-electron chi connectivity index (χ0n) is 12.3. The summed E-state index contributed by atoms with van der Waals surface area (Å²) in [5.74, 6) is 0.462. The summed E-state index contributed by atoms with van der Waals surface area (Å²) in [4.78, 5) is 8.72. The molecule has 0 fully saturated rings. The Morgan fingerprint density at radius 2 is 1.91 bits per heavy atom. The van der Waals surface area contributed by atoms with Gasteiger partial charge in [-0.1, -0.05) is 28.1 Å². The van der Waals surface area contributed by atoms with E-state index in [0.717, 1.165) is 21.4 Å². The highest BCUT2D eigenvalue weighted by molar-refractivity contribution is 9.10. The average molecular weight is 376 g/mol. The summed E-state index contributed by atoms with van der Waals surface area (Å²) in [6, 6.07) is 10.2. The first-order valence-corrected chi connectivity index (χ1v) is 7.98. The van der Waals surface area contributed by atoms with Gasteiger partial charge in [-0.05, 0) is 36.2 Å². The fraction of sp³-hybridized carbons (Fsp3) is 0.176. The third kappa shape index (κ3) is 3.65. The van der Waals surface area contributed by atoms with Crippen molar-refractivity contribution in [3.05, 3.63) is 70.3 Å². The zero-order chi connectivity index (χ0) is 16.2. The quantitative estimate of drug-likeness (QED) is 0.741. The average Bonchev–Trinajstić information content (AvgIpc) is 2.97. The first kappa shape index (κ1) is 15.8. The van der Waals surface area contributed by atoms with E-state index in [9.17, 15) is 9.50 Å². The maximum Gasteiger partial charge on any atom is 0.158 e. The van der Waals surface area contributed by atoms with E-state index in [2.05, 4.69) is 25.9 Å². The summed E-state index contributed by atoms with van der Waals surface area (Å²) in [7, 11) is 0. The lowest BCUT2D eigenvalue weighted by atomic mass is 10.1. The maximum atomic E-state index is 13.0. The minimum absolute atomic E-state index is 0.0928. The molecule has 1 N–H and O–H groups in total. The first-order valence-electron chi connectivity index (χ1n) is 7.19. The maximum absolute atomic E-state index is 13.0. The number of imidazole rings is 1. The van der Waals surface area contributed by atoms with Crippen LogP contribution in [-0.4, -0.2) is 19.6 Å². The Kier molecular flexibility index (Phi) is 4.83. The van der Waals surface area contributed by atoms with Gasteiger partial charge in [0.15, 0.2) is 5.82 Å². The molecule has 0 aliphatic rings. The molecule has 0 saturated heterocycles. The normalized spacial score (nSPS) is 10.9. The number of aliphatic hydroxyl groups is 1. The summed E-state index contributed by atoms with van der Waals surface area (Å²) >= 11 is 3.43. The van der Waals surface area contributed by atoms with Gasteiger partial charge in [0, 0.05) is 17.2 Å². The first-order chi connectivity index (χ1) is 11.2. The van der Waals surface area contributed by atoms with Crippen molar-refractivity contribution in [2.75, 3.05) is 0 Å². The number of hydrogen-bond donors (Lipinski definition) is 1. The molecular formula is C17H15BrFN3O. The molecule has 0 bridgehead atoms. The molecule has 118 valence electrons. The van der Waals surface area contributed by atoms with E-state index >= 15 is 0 Å². The molecule has 0 aliphatic heterocycles. The topological polar surface area (TPSA) is 50.9 Å². The number of rotatable bonds is 5. The van der Waals surface area contributed by atoms with Crippen molar-refractivity contribution in [3.8, 4) is 11.5 Å². The molecular weight excluding hydrogens is 361 g/mol. The second-order valence-corrected chi connectivity index (χ2v) is 6.03. The number of halogens is 2. The lowest BCUT2D eigenvalue weighted by Gasteiger charge is -2.11. The van der Waals surface area contributed by atoms with Crippen LogP contribution in [0.1, 0.15) is 11.3 Å². The fourth-order valence-corrected chi connectivity index (χ4v) is 2.75. The van der Waals surface area contributed by atoms with Crippen LogP contribution in [0.5, 0.6) is 0 Å². The smallest absolute Gasteiger partial charge is 0.158 e. The summed E-state index contributed by atoms with van der Waals surface area (Å²) in [5.41, 5.74) is 2.49. The Bertz CT molecular complexity index is 802. The summed E-state index contributed by atoms with van der Waals surface area (Å²) in [6.07, 6.45) is 4.07. The van der Waals surface area contributed by atoms with E-state index in [0.29, 0.717) is 18.8 Å². The molecule has 1 aromatic carbocycles. The van der Waals surface area contributed by atoms with Crippen LogP contribution in [-0.2, 0) is 19.6 Å². The Balaban J connectivity index is 1.88. The van der Waals surface area contributed by atoms with Gasteiger partial charge < -0.3 is 9.67 Å². The summed E-state index contributed by atoms with van der Waals surface area (Å²) < 4.78 is 15.8. The standard InChI is InChI=1S/C17H15BrFN3O/c18-13-5-7-20-16(9-13)17-21-10-15(11-23)22(17)8-6-12-1-3-14(19)4-2-12/h1-5,7,9-10,23H,6,8,11H2. The molecule has 4 nitrogen and oxygen atoms in total. The molecule has 0 atom stereocenters. The molecule has 0 spiro atoms. The van der Waals surface area contributed by atoms with Gasteiger partial charge in [0.1, 0.15) is 11.5 Å². The van der Waals surface area contributed by atoms with Gasteiger partial charge in [-0.2, -0.15) is 0 Å². The van der Waals surface area contributed by atoms with Crippen molar-refractivity contribution in [3.63, 3.8) is 0 Å². The largest absolute Gasteiger partial charge is 0.390 e. The van der Waals surface area contributed by atoms with E-state index in [-0.39, 0.29) is 12.4 Å². The van der Waals surface area contributed by atoms with E-state index in [1.807, 2.05) is 16.7 Å². The molecule has 6 heteroatoms. The third-order valence-electron chi connectivity index (χ3n) is 3.59. The van der Waals surface area contributed by atoms with Gasteiger partial charge in [-0.25, -0.2) is 9.37 Å². The van der Waals surface area contributed by atoms with Crippen LogP contribution >= 0.6 is 15.9 Å². The highest BCUT2D eigenvalue weighted by atomic mass is 79.9. The van der Waals surface area contributed by atoms with E-state index in [1.165, 1.54) is 12.1 Å². The second-order valence-electron chi connectivity index (χ2n) is 5.12. The molecule has 0 aliphatic carbocycles. The lowest BCUT2D eigenvalue weighted by molar-refractivity contribution is 0.271. The van der Waals surface area contributed by atoms with Crippen LogP contribution in [0.3, 0.4) is 0 Å². The number of nitrogens with zero attached hydrogens (tertiary/aromatic N) is 3. The van der Waals surface area contributed by atoms with Crippen molar-refractivity contribution in [1.82, 2.24) is 14.5 Å². The Labute approximate surface area is 141 Å². The number of pyridine rings is 1. The van der Waals surface area contributed by atoms with Gasteiger partial charge in [0.05, 0.1) is 18.5 Å². The molecule has 0 amide bonds. The molecule has 3 rings (SSSR count). The molecule has 2 aromatic heterocycles. The Morgan fingerprint density at radius 3 is 2.61 bits per heavy atom. The fourth-order valence-electron chi connectivity index (χ4n) is 2.41. The molecule has 3 aromatic rings.